The number of rotatable bonds is 5. The molecule has 0 aromatic heterocycles. The lowest BCUT2D eigenvalue weighted by atomic mass is 10.3. The van der Waals surface area contributed by atoms with Crippen molar-refractivity contribution in [3.63, 3.8) is 0 Å². The van der Waals surface area contributed by atoms with Gasteiger partial charge in [-0.2, -0.15) is 0 Å². The molecule has 1 aromatic carbocycles. The number of anilines is 1. The molecule has 2 rings (SSSR count). The number of nitrogens with zero attached hydrogens (tertiary/aromatic N) is 1. The molecule has 0 aliphatic carbocycles. The fraction of sp³-hybridized carbons (Fsp3) is 0.538. The normalized spacial score (nSPS) is 18.1. The summed E-state index contributed by atoms with van der Waals surface area (Å²) >= 11 is 6.04. The van der Waals surface area contributed by atoms with E-state index in [9.17, 15) is 4.21 Å². The van der Waals surface area contributed by atoms with Gasteiger partial charge in [0.05, 0.1) is 20.7 Å². The summed E-state index contributed by atoms with van der Waals surface area (Å²) < 4.78 is 12.1. The molecule has 1 aliphatic rings. The smallest absolute Gasteiger partial charge is 0.0594 e. The van der Waals surface area contributed by atoms with E-state index < -0.39 is 10.8 Å². The van der Waals surface area contributed by atoms with E-state index >= 15 is 0 Å². The summed E-state index contributed by atoms with van der Waals surface area (Å²) in [5.74, 6) is 0.652. The van der Waals surface area contributed by atoms with Crippen LogP contribution in [0.1, 0.15) is 19.3 Å². The third kappa shape index (κ3) is 3.70. The molecular weight excluding hydrogens is 268 g/mol. The van der Waals surface area contributed by atoms with E-state index in [2.05, 4.69) is 4.90 Å². The first-order valence-corrected chi connectivity index (χ1v) is 8.02. The molecule has 3 nitrogen and oxygen atoms in total. The molecular formula is C13H19ClN2OS. The van der Waals surface area contributed by atoms with Crippen molar-refractivity contribution >= 4 is 28.1 Å². The molecule has 1 saturated heterocycles. The van der Waals surface area contributed by atoms with Crippen LogP contribution < -0.4 is 5.73 Å². The van der Waals surface area contributed by atoms with Crippen molar-refractivity contribution in [3.05, 3.63) is 23.2 Å². The second-order valence-electron chi connectivity index (χ2n) is 4.64. The summed E-state index contributed by atoms with van der Waals surface area (Å²) in [5.41, 5.74) is 6.31. The van der Waals surface area contributed by atoms with Crippen LogP contribution in [-0.4, -0.2) is 34.5 Å². The van der Waals surface area contributed by atoms with Crippen LogP contribution in [0.25, 0.3) is 0 Å². The largest absolute Gasteiger partial charge is 0.399 e. The lowest BCUT2D eigenvalue weighted by Gasteiger charge is -2.14. The first-order valence-electron chi connectivity index (χ1n) is 6.32. The summed E-state index contributed by atoms with van der Waals surface area (Å²) in [6.07, 6.45) is 3.53. The zero-order chi connectivity index (χ0) is 13.0. The maximum atomic E-state index is 12.1. The van der Waals surface area contributed by atoms with Gasteiger partial charge in [0.15, 0.2) is 0 Å². The predicted molar refractivity (Wildman–Crippen MR) is 77.4 cm³/mol. The van der Waals surface area contributed by atoms with Crippen molar-refractivity contribution in [1.82, 2.24) is 4.90 Å². The van der Waals surface area contributed by atoms with Crippen LogP contribution >= 0.6 is 11.6 Å². The quantitative estimate of drug-likeness (QED) is 0.846. The molecule has 100 valence electrons. The molecule has 0 saturated carbocycles. The monoisotopic (exact) mass is 286 g/mol. The van der Waals surface area contributed by atoms with E-state index in [4.69, 9.17) is 17.3 Å². The van der Waals surface area contributed by atoms with Crippen molar-refractivity contribution in [2.45, 2.75) is 24.2 Å². The van der Waals surface area contributed by atoms with E-state index in [0.717, 1.165) is 13.0 Å². The average molecular weight is 287 g/mol. The van der Waals surface area contributed by atoms with Gasteiger partial charge in [-0.3, -0.25) is 4.21 Å². The van der Waals surface area contributed by atoms with Crippen LogP contribution in [-0.2, 0) is 10.8 Å². The molecule has 0 amide bonds. The Morgan fingerprint density at radius 3 is 2.78 bits per heavy atom. The minimum absolute atomic E-state index is 0.545. The molecule has 1 heterocycles. The van der Waals surface area contributed by atoms with Gasteiger partial charge < -0.3 is 10.6 Å². The number of likely N-dealkylation sites (tertiary alicyclic amines) is 1. The van der Waals surface area contributed by atoms with Crippen molar-refractivity contribution in [1.29, 1.82) is 0 Å². The van der Waals surface area contributed by atoms with Gasteiger partial charge in [0.2, 0.25) is 0 Å². The predicted octanol–water partition coefficient (Wildman–Crippen LogP) is 2.52. The van der Waals surface area contributed by atoms with Gasteiger partial charge in [0, 0.05) is 11.4 Å². The highest BCUT2D eigenvalue weighted by Gasteiger charge is 2.13. The van der Waals surface area contributed by atoms with Crippen LogP contribution in [0, 0.1) is 0 Å². The van der Waals surface area contributed by atoms with E-state index in [1.54, 1.807) is 18.2 Å². The van der Waals surface area contributed by atoms with Crippen molar-refractivity contribution in [3.8, 4) is 0 Å². The minimum atomic E-state index is -1.04. The molecule has 0 bridgehead atoms. The van der Waals surface area contributed by atoms with Crippen LogP contribution in [0.3, 0.4) is 0 Å². The molecule has 0 radical (unpaired) electrons. The zero-order valence-corrected chi connectivity index (χ0v) is 12.0. The second kappa shape index (κ2) is 6.55. The van der Waals surface area contributed by atoms with E-state index in [0.29, 0.717) is 21.4 Å². The molecule has 1 unspecified atom stereocenters. The van der Waals surface area contributed by atoms with Gasteiger partial charge in [-0.05, 0) is 57.1 Å². The SMILES string of the molecule is Nc1ccc(Cl)c(S(=O)CCCN2CCCC2)c1. The number of nitrogens with two attached hydrogens (primary N) is 1. The maximum Gasteiger partial charge on any atom is 0.0594 e. The Balaban J connectivity index is 1.85. The molecule has 2 N–H and O–H groups in total. The number of hydrogen-bond donors (Lipinski definition) is 1. The third-order valence-corrected chi connectivity index (χ3v) is 5.13. The van der Waals surface area contributed by atoms with Gasteiger partial charge in [-0.15, -0.1) is 0 Å². The first kappa shape index (κ1) is 13.8. The highest BCUT2D eigenvalue weighted by Crippen LogP contribution is 2.23. The molecule has 1 atom stereocenters. The topological polar surface area (TPSA) is 46.3 Å². The average Bonchev–Trinajstić information content (AvgIpc) is 2.85. The Bertz CT molecular complexity index is 433. The molecule has 1 fully saturated rings. The summed E-state index contributed by atoms with van der Waals surface area (Å²) in [6, 6.07) is 5.16. The zero-order valence-electron chi connectivity index (χ0n) is 10.4. The molecule has 1 aromatic rings. The second-order valence-corrected chi connectivity index (χ2v) is 6.59. The van der Waals surface area contributed by atoms with Crippen LogP contribution in [0.2, 0.25) is 5.02 Å². The summed E-state index contributed by atoms with van der Waals surface area (Å²) in [5, 5.41) is 0.545. The standard InChI is InChI=1S/C13H19ClN2OS/c14-12-5-4-11(15)10-13(12)18(17)9-3-8-16-6-1-2-7-16/h4-5,10H,1-3,6-9,15H2. The Morgan fingerprint density at radius 1 is 1.33 bits per heavy atom. The van der Waals surface area contributed by atoms with E-state index in [1.807, 2.05) is 0 Å². The number of benzene rings is 1. The summed E-state index contributed by atoms with van der Waals surface area (Å²) in [4.78, 5) is 3.09. The van der Waals surface area contributed by atoms with Gasteiger partial charge in [0.25, 0.3) is 0 Å². The highest BCUT2D eigenvalue weighted by atomic mass is 35.5. The highest BCUT2D eigenvalue weighted by molar-refractivity contribution is 7.85. The summed E-state index contributed by atoms with van der Waals surface area (Å²) in [7, 11) is -1.04. The van der Waals surface area contributed by atoms with Crippen molar-refractivity contribution in [2.24, 2.45) is 0 Å². The molecule has 5 heteroatoms. The maximum absolute atomic E-state index is 12.1. The van der Waals surface area contributed by atoms with E-state index in [1.165, 1.54) is 25.9 Å². The fourth-order valence-corrected chi connectivity index (χ4v) is 3.77. The third-order valence-electron chi connectivity index (χ3n) is 3.20. The summed E-state index contributed by atoms with van der Waals surface area (Å²) in [6.45, 7) is 3.41. The number of nitrogen functional groups attached to an aromatic ring is 1. The molecule has 1 aliphatic heterocycles. The van der Waals surface area contributed by atoms with Gasteiger partial charge in [0.1, 0.15) is 0 Å². The fourth-order valence-electron chi connectivity index (χ4n) is 2.23. The molecule has 18 heavy (non-hydrogen) atoms. The Labute approximate surface area is 116 Å². The van der Waals surface area contributed by atoms with Crippen molar-refractivity contribution in [2.75, 3.05) is 31.1 Å². The van der Waals surface area contributed by atoms with Gasteiger partial charge in [-0.25, -0.2) is 0 Å². The minimum Gasteiger partial charge on any atom is -0.399 e. The van der Waals surface area contributed by atoms with Crippen molar-refractivity contribution < 1.29 is 4.21 Å². The van der Waals surface area contributed by atoms with Crippen LogP contribution in [0.15, 0.2) is 23.1 Å². The number of hydrogen-bond acceptors (Lipinski definition) is 3. The number of halogens is 1. The van der Waals surface area contributed by atoms with E-state index in [-0.39, 0.29) is 0 Å². The Hall–Kier alpha value is -0.580. The first-order chi connectivity index (χ1) is 8.66. The van der Waals surface area contributed by atoms with Gasteiger partial charge in [-0.1, -0.05) is 11.6 Å². The van der Waals surface area contributed by atoms with Crippen LogP contribution in [0.5, 0.6) is 0 Å². The van der Waals surface area contributed by atoms with Crippen LogP contribution in [0.4, 0.5) is 5.69 Å². The van der Waals surface area contributed by atoms with Gasteiger partial charge >= 0.3 is 0 Å². The molecule has 0 spiro atoms. The Morgan fingerprint density at radius 2 is 2.06 bits per heavy atom. The lowest BCUT2D eigenvalue weighted by Crippen LogP contribution is -2.21. The lowest BCUT2D eigenvalue weighted by molar-refractivity contribution is 0.340. The Kier molecular flexibility index (Phi) is 5.03.